The van der Waals surface area contributed by atoms with Gasteiger partial charge >= 0.3 is 0 Å². The van der Waals surface area contributed by atoms with Crippen molar-refractivity contribution >= 4 is 29.2 Å². The standard InChI is InChI=1S/C26H25N5OS/c1-4-18-5-7-19(8-6-18)24-21(14-27)25(29)31-26(22(24)15-28)33-10-9-23(32)30-20-12-16(2)11-17(3)13-20/h5-8,11-13H,4,9-10H2,1-3H3,(H2,29,31)(H,30,32). The maximum Gasteiger partial charge on any atom is 0.225 e. The van der Waals surface area contributed by atoms with E-state index in [4.69, 9.17) is 5.73 Å². The molecule has 6 nitrogen and oxygen atoms in total. The molecule has 0 aliphatic heterocycles. The molecule has 3 N–H and O–H groups in total. The Kier molecular flexibility index (Phi) is 7.71. The van der Waals surface area contributed by atoms with E-state index >= 15 is 0 Å². The number of thioether (sulfide) groups is 1. The third-order valence-electron chi connectivity index (χ3n) is 5.14. The lowest BCUT2D eigenvalue weighted by Crippen LogP contribution is -2.12. The summed E-state index contributed by atoms with van der Waals surface area (Å²) >= 11 is 1.28. The highest BCUT2D eigenvalue weighted by Gasteiger charge is 2.20. The molecule has 0 aliphatic carbocycles. The van der Waals surface area contributed by atoms with Crippen molar-refractivity contribution in [1.29, 1.82) is 10.5 Å². The molecule has 1 heterocycles. The number of nitrogens with zero attached hydrogens (tertiary/aromatic N) is 3. The minimum atomic E-state index is -0.122. The maximum atomic E-state index is 12.4. The first-order chi connectivity index (χ1) is 15.9. The highest BCUT2D eigenvalue weighted by Crippen LogP contribution is 2.36. The molecule has 0 aliphatic rings. The monoisotopic (exact) mass is 455 g/mol. The highest BCUT2D eigenvalue weighted by molar-refractivity contribution is 7.99. The van der Waals surface area contributed by atoms with Gasteiger partial charge in [-0.15, -0.1) is 11.8 Å². The van der Waals surface area contributed by atoms with Crippen LogP contribution in [0, 0.1) is 36.5 Å². The predicted octanol–water partition coefficient (Wildman–Crippen LogP) is 5.37. The number of hydrogen-bond acceptors (Lipinski definition) is 6. The summed E-state index contributed by atoms with van der Waals surface area (Å²) in [7, 11) is 0. The molecule has 1 aromatic heterocycles. The van der Waals surface area contributed by atoms with E-state index in [1.807, 2.05) is 56.3 Å². The third kappa shape index (κ3) is 5.71. The molecule has 0 spiro atoms. The van der Waals surface area contributed by atoms with Crippen molar-refractivity contribution in [3.05, 3.63) is 70.3 Å². The molecule has 3 aromatic rings. The van der Waals surface area contributed by atoms with E-state index in [1.165, 1.54) is 11.8 Å². The molecule has 0 radical (unpaired) electrons. The summed E-state index contributed by atoms with van der Waals surface area (Å²) in [5.41, 5.74) is 11.9. The van der Waals surface area contributed by atoms with Gasteiger partial charge in [-0.1, -0.05) is 37.3 Å². The molecule has 7 heteroatoms. The van der Waals surface area contributed by atoms with Crippen LogP contribution in [0.1, 0.15) is 41.2 Å². The van der Waals surface area contributed by atoms with E-state index < -0.39 is 0 Å². The molecule has 3 rings (SSSR count). The van der Waals surface area contributed by atoms with Gasteiger partial charge in [0.15, 0.2) is 0 Å². The smallest absolute Gasteiger partial charge is 0.225 e. The number of amides is 1. The number of aromatic nitrogens is 1. The number of anilines is 2. The fraction of sp³-hybridized carbons (Fsp3) is 0.231. The van der Waals surface area contributed by atoms with Gasteiger partial charge in [-0.25, -0.2) is 4.98 Å². The van der Waals surface area contributed by atoms with Crippen molar-refractivity contribution in [2.45, 2.75) is 38.6 Å². The van der Waals surface area contributed by atoms with Crippen LogP contribution in [0.5, 0.6) is 0 Å². The minimum absolute atomic E-state index is 0.0771. The lowest BCUT2D eigenvalue weighted by atomic mass is 9.96. The van der Waals surface area contributed by atoms with Gasteiger partial charge in [0.25, 0.3) is 0 Å². The molecule has 1 amide bonds. The van der Waals surface area contributed by atoms with E-state index in [-0.39, 0.29) is 23.7 Å². The molecule has 2 aromatic carbocycles. The van der Waals surface area contributed by atoms with Gasteiger partial charge in [0.1, 0.15) is 28.5 Å². The molecule has 166 valence electrons. The van der Waals surface area contributed by atoms with E-state index in [2.05, 4.69) is 29.4 Å². The van der Waals surface area contributed by atoms with Crippen LogP contribution in [0.25, 0.3) is 11.1 Å². The molecule has 0 fully saturated rings. The van der Waals surface area contributed by atoms with Crippen LogP contribution in [-0.4, -0.2) is 16.6 Å². The number of hydrogen-bond donors (Lipinski definition) is 2. The molecule has 0 atom stereocenters. The summed E-state index contributed by atoms with van der Waals surface area (Å²) in [6.45, 7) is 6.03. The maximum absolute atomic E-state index is 12.4. The summed E-state index contributed by atoms with van der Waals surface area (Å²) in [5.74, 6) is 0.369. The van der Waals surface area contributed by atoms with Gasteiger partial charge < -0.3 is 11.1 Å². The molecular formula is C26H25N5OS. The van der Waals surface area contributed by atoms with Crippen molar-refractivity contribution in [2.75, 3.05) is 16.8 Å². The first-order valence-electron chi connectivity index (χ1n) is 10.6. The van der Waals surface area contributed by atoms with E-state index in [9.17, 15) is 15.3 Å². The van der Waals surface area contributed by atoms with Crippen LogP contribution in [0.2, 0.25) is 0 Å². The number of carbonyl (C=O) groups is 1. The van der Waals surface area contributed by atoms with Gasteiger partial charge in [-0.2, -0.15) is 10.5 Å². The Labute approximate surface area is 198 Å². The van der Waals surface area contributed by atoms with E-state index in [1.54, 1.807) is 0 Å². The summed E-state index contributed by atoms with van der Waals surface area (Å²) < 4.78 is 0. The van der Waals surface area contributed by atoms with Crippen LogP contribution < -0.4 is 11.1 Å². The Hall–Kier alpha value is -3.81. The second-order valence-corrected chi connectivity index (χ2v) is 8.81. The lowest BCUT2D eigenvalue weighted by molar-refractivity contribution is -0.115. The van der Waals surface area contributed by atoms with Crippen molar-refractivity contribution in [2.24, 2.45) is 0 Å². The van der Waals surface area contributed by atoms with Crippen LogP contribution >= 0.6 is 11.8 Å². The normalized spacial score (nSPS) is 10.3. The van der Waals surface area contributed by atoms with Crippen LogP contribution in [0.4, 0.5) is 11.5 Å². The highest BCUT2D eigenvalue weighted by atomic mass is 32.2. The van der Waals surface area contributed by atoms with Gasteiger partial charge in [0, 0.05) is 23.4 Å². The second kappa shape index (κ2) is 10.7. The van der Waals surface area contributed by atoms with Gasteiger partial charge in [0.2, 0.25) is 5.91 Å². The van der Waals surface area contributed by atoms with Gasteiger partial charge in [-0.3, -0.25) is 4.79 Å². The summed E-state index contributed by atoms with van der Waals surface area (Å²) in [6, 6.07) is 17.9. The number of nitrogen functional groups attached to an aromatic ring is 1. The quantitative estimate of drug-likeness (QED) is 0.463. The van der Waals surface area contributed by atoms with Crippen LogP contribution in [-0.2, 0) is 11.2 Å². The first kappa shape index (κ1) is 23.8. The van der Waals surface area contributed by atoms with Crippen LogP contribution in [0.15, 0.2) is 47.5 Å². The zero-order valence-corrected chi connectivity index (χ0v) is 19.7. The summed E-state index contributed by atoms with van der Waals surface area (Å²) in [6.07, 6.45) is 1.13. The number of nitriles is 2. The third-order valence-corrected chi connectivity index (χ3v) is 6.12. The van der Waals surface area contributed by atoms with E-state index in [0.717, 1.165) is 34.4 Å². The van der Waals surface area contributed by atoms with Crippen molar-refractivity contribution in [3.63, 3.8) is 0 Å². The molecule has 0 bridgehead atoms. The minimum Gasteiger partial charge on any atom is -0.383 e. The van der Waals surface area contributed by atoms with Gasteiger partial charge in [0.05, 0.1) is 5.56 Å². The molecular weight excluding hydrogens is 430 g/mol. The average Bonchev–Trinajstić information content (AvgIpc) is 2.78. The average molecular weight is 456 g/mol. The lowest BCUT2D eigenvalue weighted by Gasteiger charge is -2.13. The molecule has 0 saturated heterocycles. The Morgan fingerprint density at radius 3 is 2.27 bits per heavy atom. The summed E-state index contributed by atoms with van der Waals surface area (Å²) in [4.78, 5) is 16.7. The van der Waals surface area contributed by atoms with Crippen molar-refractivity contribution in [1.82, 2.24) is 4.98 Å². The Balaban J connectivity index is 1.81. The molecule has 0 saturated carbocycles. The number of rotatable bonds is 7. The Bertz CT molecular complexity index is 1250. The van der Waals surface area contributed by atoms with Crippen molar-refractivity contribution < 1.29 is 4.79 Å². The number of pyridine rings is 1. The predicted molar refractivity (Wildman–Crippen MR) is 133 cm³/mol. The molecule has 0 unspecified atom stereocenters. The molecule has 33 heavy (non-hydrogen) atoms. The van der Waals surface area contributed by atoms with Crippen molar-refractivity contribution in [3.8, 4) is 23.3 Å². The fourth-order valence-electron chi connectivity index (χ4n) is 3.61. The Morgan fingerprint density at radius 1 is 1.06 bits per heavy atom. The zero-order chi connectivity index (χ0) is 24.0. The summed E-state index contributed by atoms with van der Waals surface area (Å²) in [5, 5.41) is 22.9. The second-order valence-electron chi connectivity index (χ2n) is 7.72. The van der Waals surface area contributed by atoms with Gasteiger partial charge in [-0.05, 0) is 54.7 Å². The Morgan fingerprint density at radius 2 is 1.70 bits per heavy atom. The number of aryl methyl sites for hydroxylation is 3. The zero-order valence-electron chi connectivity index (χ0n) is 18.9. The fourth-order valence-corrected chi connectivity index (χ4v) is 4.54. The largest absolute Gasteiger partial charge is 0.383 e. The van der Waals surface area contributed by atoms with E-state index in [0.29, 0.717) is 21.9 Å². The topological polar surface area (TPSA) is 116 Å². The number of carbonyl (C=O) groups excluding carboxylic acids is 1. The number of benzene rings is 2. The first-order valence-corrected chi connectivity index (χ1v) is 11.6. The number of nitrogens with one attached hydrogen (secondary N) is 1. The SMILES string of the molecule is CCc1ccc(-c2c(C#N)c(N)nc(SCCC(=O)Nc3cc(C)cc(C)c3)c2C#N)cc1. The number of nitrogens with two attached hydrogens (primary N) is 1. The van der Waals surface area contributed by atoms with Crippen LogP contribution in [0.3, 0.4) is 0 Å².